The summed E-state index contributed by atoms with van der Waals surface area (Å²) in [6.07, 6.45) is 0. The van der Waals surface area contributed by atoms with E-state index in [1.54, 1.807) is 0 Å². The molecule has 3 heteroatoms. The summed E-state index contributed by atoms with van der Waals surface area (Å²) in [4.78, 5) is 0. The fraction of sp³-hybridized carbons (Fsp3) is 0. The Bertz CT molecular complexity index is 29.5. The summed E-state index contributed by atoms with van der Waals surface area (Å²) in [7, 11) is 0. The molecule has 0 aliphatic carbocycles. The predicted molar refractivity (Wildman–Crippen MR) is 9.23 cm³/mol. The molecule has 0 heterocycles. The maximum absolute atomic E-state index is 7.41. The minimum absolute atomic E-state index is 0. The molecule has 0 saturated heterocycles. The first kappa shape index (κ1) is 8.83. The van der Waals surface area contributed by atoms with Crippen LogP contribution in [0.5, 0.6) is 0 Å². The summed E-state index contributed by atoms with van der Waals surface area (Å²) in [6, 6.07) is 0. The van der Waals surface area contributed by atoms with Crippen molar-refractivity contribution < 1.29 is 31.6 Å². The number of hydrogen-bond donors (Lipinski definition) is 0. The molecule has 4 heavy (non-hydrogen) atoms. The molecular formula is CH2HgNO. The van der Waals surface area contributed by atoms with Crippen molar-refractivity contribution in [2.75, 3.05) is 0 Å². The van der Waals surface area contributed by atoms with Gasteiger partial charge in [0.15, 0.2) is 0 Å². The molecule has 0 rings (SSSR count). The first-order valence-corrected chi connectivity index (χ1v) is 3.33. The molecule has 0 aromatic rings. The van der Waals surface area contributed by atoms with E-state index in [0.717, 1.165) is 0 Å². The molecule has 2 nitrogen and oxygen atoms in total. The van der Waals surface area contributed by atoms with Crippen molar-refractivity contribution in [3.8, 4) is 3.58 Å². The predicted octanol–water partition coefficient (Wildman–Crippen LogP) is -0.810. The first-order valence-electron chi connectivity index (χ1n) is 0.577. The van der Waals surface area contributed by atoms with Gasteiger partial charge >= 0.3 is 35.0 Å². The molecule has 0 amide bonds. The molecule has 19 valence electrons. The average Bonchev–Trinajstić information content (AvgIpc) is 0.918. The zero-order valence-electron chi connectivity index (χ0n) is 2.15. The summed E-state index contributed by atoms with van der Waals surface area (Å²) < 4.78 is 1.94. The van der Waals surface area contributed by atoms with Gasteiger partial charge in [-0.3, -0.25) is 0 Å². The van der Waals surface area contributed by atoms with Crippen molar-refractivity contribution >= 4 is 0 Å². The Morgan fingerprint density at radius 2 is 1.75 bits per heavy atom. The maximum atomic E-state index is 7.41. The van der Waals surface area contributed by atoms with Gasteiger partial charge in [-0.05, 0) is 0 Å². The molecule has 0 aromatic heterocycles. The van der Waals surface area contributed by atoms with Crippen molar-refractivity contribution in [1.82, 2.24) is 0 Å². The van der Waals surface area contributed by atoms with Gasteiger partial charge in [-0.1, -0.05) is 0 Å². The molecule has 0 radical (unpaired) electrons. The van der Waals surface area contributed by atoms with Gasteiger partial charge in [-0.2, -0.15) is 0 Å². The maximum Gasteiger partial charge on any atom is -0.412 e. The van der Waals surface area contributed by atoms with E-state index in [9.17, 15) is 0 Å². The van der Waals surface area contributed by atoms with Crippen LogP contribution in [0.1, 0.15) is 0 Å². The van der Waals surface area contributed by atoms with Gasteiger partial charge in [0.25, 0.3) is 0 Å². The average molecular weight is 245 g/mol. The quantitative estimate of drug-likeness (QED) is 0.514. The van der Waals surface area contributed by atoms with Crippen LogP contribution in [0, 0.1) is 8.84 Å². The Morgan fingerprint density at radius 3 is 1.75 bits per heavy atom. The standard InChI is InChI=1S/CN.Hg.H2O/c1-2;;/h;;1H2. The number of nitriles is 1. The molecule has 0 unspecified atom stereocenters. The molecule has 2 N–H and O–H groups in total. The molecule has 0 spiro atoms. The van der Waals surface area contributed by atoms with Crippen LogP contribution in [0.25, 0.3) is 0 Å². The topological polar surface area (TPSA) is 55.3 Å². The molecule has 0 aliphatic heterocycles. The molecular weight excluding hydrogens is 243 g/mol. The minimum atomic E-state index is 0. The largest absolute Gasteiger partial charge is 0.412 e. The van der Waals surface area contributed by atoms with E-state index in [2.05, 4.69) is 0 Å². The van der Waals surface area contributed by atoms with Crippen molar-refractivity contribution in [2.24, 2.45) is 0 Å². The van der Waals surface area contributed by atoms with E-state index < -0.39 is 0 Å². The van der Waals surface area contributed by atoms with Gasteiger partial charge in [0.1, 0.15) is 0 Å². The Kier molecular flexibility index (Phi) is 22.2. The van der Waals surface area contributed by atoms with E-state index >= 15 is 0 Å². The summed E-state index contributed by atoms with van der Waals surface area (Å²) in [6.45, 7) is 0. The van der Waals surface area contributed by atoms with E-state index in [1.807, 2.05) is 3.58 Å². The Labute approximate surface area is 40.7 Å². The number of hydrogen-bond acceptors (Lipinski definition) is 1. The fourth-order valence-corrected chi connectivity index (χ4v) is 0. The van der Waals surface area contributed by atoms with E-state index in [0.29, 0.717) is 26.1 Å². The van der Waals surface area contributed by atoms with Crippen molar-refractivity contribution in [1.29, 1.82) is 5.26 Å². The monoisotopic (exact) mass is 246 g/mol. The van der Waals surface area contributed by atoms with Gasteiger partial charge in [0, 0.05) is 0 Å². The van der Waals surface area contributed by atoms with Crippen LogP contribution in [-0.2, 0) is 26.1 Å². The fourth-order valence-electron chi connectivity index (χ4n) is 0. The molecule has 0 saturated carbocycles. The zero-order chi connectivity index (χ0) is 2.71. The van der Waals surface area contributed by atoms with Crippen LogP contribution in [0.2, 0.25) is 0 Å². The van der Waals surface area contributed by atoms with Crippen LogP contribution in [0.4, 0.5) is 0 Å². The minimum Gasteiger partial charge on any atom is -0.412 e. The Balaban J connectivity index is 0. The van der Waals surface area contributed by atoms with Gasteiger partial charge in [0.2, 0.25) is 0 Å². The third-order valence-corrected chi connectivity index (χ3v) is 0. The van der Waals surface area contributed by atoms with Gasteiger partial charge < -0.3 is 5.48 Å². The summed E-state index contributed by atoms with van der Waals surface area (Å²) in [5.74, 6) is 0. The third-order valence-electron chi connectivity index (χ3n) is 0. The smallest absolute Gasteiger partial charge is 0.412 e. The second-order valence-electron chi connectivity index (χ2n) is 0.158. The SMILES string of the molecule is N#[C][Hg].O. The number of nitrogens with zero attached hydrogens (tertiary/aromatic N) is 1. The van der Waals surface area contributed by atoms with Crippen molar-refractivity contribution in [3.63, 3.8) is 0 Å². The normalized spacial score (nSPS) is 2.25. The van der Waals surface area contributed by atoms with Crippen LogP contribution in [-0.4, -0.2) is 5.48 Å². The molecule has 0 aromatic carbocycles. The van der Waals surface area contributed by atoms with Gasteiger partial charge in [-0.15, -0.1) is 0 Å². The van der Waals surface area contributed by atoms with Gasteiger partial charge in [-0.25, -0.2) is 0 Å². The van der Waals surface area contributed by atoms with E-state index in [-0.39, 0.29) is 5.48 Å². The third kappa shape index (κ3) is 30.9. The summed E-state index contributed by atoms with van der Waals surface area (Å²) >= 11 is 0.372. The van der Waals surface area contributed by atoms with E-state index in [4.69, 9.17) is 5.26 Å². The second kappa shape index (κ2) is 10.0. The van der Waals surface area contributed by atoms with Gasteiger partial charge in [0.05, 0.1) is 0 Å². The Morgan fingerprint density at radius 1 is 1.75 bits per heavy atom. The van der Waals surface area contributed by atoms with Crippen LogP contribution in [0.3, 0.4) is 0 Å². The Hall–Kier alpha value is 0.385. The number of rotatable bonds is 0. The van der Waals surface area contributed by atoms with Crippen LogP contribution >= 0.6 is 0 Å². The summed E-state index contributed by atoms with van der Waals surface area (Å²) in [5.41, 5.74) is 0. The summed E-state index contributed by atoms with van der Waals surface area (Å²) in [5, 5.41) is 7.41. The van der Waals surface area contributed by atoms with Crippen molar-refractivity contribution in [3.05, 3.63) is 0 Å². The first-order chi connectivity index (χ1) is 1.41. The van der Waals surface area contributed by atoms with E-state index in [1.165, 1.54) is 0 Å². The molecule has 0 aliphatic rings. The molecule has 0 fully saturated rings. The zero-order valence-corrected chi connectivity index (χ0v) is 7.65. The molecule has 0 atom stereocenters. The second-order valence-corrected chi connectivity index (χ2v) is 1.39. The van der Waals surface area contributed by atoms with Crippen LogP contribution < -0.4 is 0 Å². The van der Waals surface area contributed by atoms with Crippen molar-refractivity contribution in [2.45, 2.75) is 0 Å². The molecule has 0 bridgehead atoms. The van der Waals surface area contributed by atoms with Crippen LogP contribution in [0.15, 0.2) is 0 Å².